The Morgan fingerprint density at radius 3 is 2.65 bits per heavy atom. The third kappa shape index (κ3) is 10.4. The number of rotatable bonds is 10. The van der Waals surface area contributed by atoms with Crippen LogP contribution in [0.25, 0.3) is 0 Å². The molecule has 0 aliphatic rings. The van der Waals surface area contributed by atoms with Crippen molar-refractivity contribution in [2.75, 3.05) is 33.9 Å². The summed E-state index contributed by atoms with van der Waals surface area (Å²) in [5.74, 6) is 1.67. The minimum Gasteiger partial charge on any atom is -0.497 e. The Bertz CT molecular complexity index is 442. The van der Waals surface area contributed by atoms with E-state index < -0.39 is 0 Å². The van der Waals surface area contributed by atoms with Crippen LogP contribution in [0.1, 0.15) is 31.7 Å². The fourth-order valence-corrected chi connectivity index (χ4v) is 1.92. The molecule has 6 heteroatoms. The lowest BCUT2D eigenvalue weighted by molar-refractivity contribution is 0.129. The highest BCUT2D eigenvalue weighted by molar-refractivity contribution is 14.0. The lowest BCUT2D eigenvalue weighted by atomic mass is 10.2. The van der Waals surface area contributed by atoms with Gasteiger partial charge in [0.15, 0.2) is 5.96 Å². The number of hydrogen-bond acceptors (Lipinski definition) is 3. The monoisotopic (exact) mass is 435 g/mol. The molecule has 0 saturated carbocycles. The van der Waals surface area contributed by atoms with Crippen LogP contribution < -0.4 is 15.4 Å². The summed E-state index contributed by atoms with van der Waals surface area (Å²) in [5.41, 5.74) is 1.16. The number of guanidine groups is 1. The van der Waals surface area contributed by atoms with E-state index in [4.69, 9.17) is 9.47 Å². The maximum atomic E-state index is 5.53. The highest BCUT2D eigenvalue weighted by atomic mass is 127. The zero-order valence-electron chi connectivity index (χ0n) is 14.4. The van der Waals surface area contributed by atoms with Gasteiger partial charge in [-0.05, 0) is 30.5 Å². The average Bonchev–Trinajstić information content (AvgIpc) is 2.57. The van der Waals surface area contributed by atoms with Crippen molar-refractivity contribution in [2.45, 2.75) is 32.7 Å². The van der Waals surface area contributed by atoms with Gasteiger partial charge in [0, 0.05) is 33.4 Å². The van der Waals surface area contributed by atoms with Gasteiger partial charge in [0.25, 0.3) is 0 Å². The molecule has 0 saturated heterocycles. The second kappa shape index (κ2) is 14.6. The second-order valence-electron chi connectivity index (χ2n) is 5.02. The summed E-state index contributed by atoms with van der Waals surface area (Å²) in [6.07, 6.45) is 3.29. The van der Waals surface area contributed by atoms with Crippen molar-refractivity contribution >= 4 is 29.9 Å². The highest BCUT2D eigenvalue weighted by Crippen LogP contribution is 2.11. The van der Waals surface area contributed by atoms with Crippen LogP contribution in [0.3, 0.4) is 0 Å². The fraction of sp³-hybridized carbons (Fsp3) is 0.588. The predicted molar refractivity (Wildman–Crippen MR) is 107 cm³/mol. The molecule has 5 nitrogen and oxygen atoms in total. The third-order valence-corrected chi connectivity index (χ3v) is 3.22. The van der Waals surface area contributed by atoms with Crippen molar-refractivity contribution in [1.29, 1.82) is 0 Å². The van der Waals surface area contributed by atoms with Gasteiger partial charge in [0.1, 0.15) is 5.75 Å². The summed E-state index contributed by atoms with van der Waals surface area (Å²) in [7, 11) is 3.45. The second-order valence-corrected chi connectivity index (χ2v) is 5.02. The Hall–Kier alpha value is -1.02. The molecule has 1 aromatic carbocycles. The van der Waals surface area contributed by atoms with Gasteiger partial charge in [-0.1, -0.05) is 25.5 Å². The largest absolute Gasteiger partial charge is 0.497 e. The lowest BCUT2D eigenvalue weighted by Crippen LogP contribution is -2.37. The smallest absolute Gasteiger partial charge is 0.191 e. The molecule has 0 heterocycles. The normalized spacial score (nSPS) is 10.8. The Balaban J connectivity index is 0.00000484. The molecule has 0 aliphatic carbocycles. The molecule has 0 atom stereocenters. The number of unbranched alkanes of at least 4 members (excludes halogenated alkanes) is 1. The molecular weight excluding hydrogens is 405 g/mol. The van der Waals surface area contributed by atoms with E-state index in [1.807, 2.05) is 18.2 Å². The Labute approximate surface area is 157 Å². The lowest BCUT2D eigenvalue weighted by Gasteiger charge is -2.12. The quantitative estimate of drug-likeness (QED) is 0.257. The van der Waals surface area contributed by atoms with Gasteiger partial charge < -0.3 is 20.1 Å². The molecule has 0 amide bonds. The van der Waals surface area contributed by atoms with E-state index in [0.29, 0.717) is 6.54 Å². The van der Waals surface area contributed by atoms with Gasteiger partial charge in [-0.2, -0.15) is 0 Å². The van der Waals surface area contributed by atoms with E-state index in [0.717, 1.165) is 49.9 Å². The Morgan fingerprint density at radius 1 is 1.17 bits per heavy atom. The molecule has 0 aromatic heterocycles. The van der Waals surface area contributed by atoms with Crippen LogP contribution in [0.2, 0.25) is 0 Å². The first-order valence-electron chi connectivity index (χ1n) is 7.95. The third-order valence-electron chi connectivity index (χ3n) is 3.22. The SMILES string of the molecule is CCCCOCCCNC(=NC)NCc1cccc(OC)c1.I. The first-order valence-corrected chi connectivity index (χ1v) is 7.95. The molecule has 2 N–H and O–H groups in total. The van der Waals surface area contributed by atoms with Gasteiger partial charge in [0.2, 0.25) is 0 Å². The molecule has 0 fully saturated rings. The fourth-order valence-electron chi connectivity index (χ4n) is 1.92. The van der Waals surface area contributed by atoms with E-state index in [2.05, 4.69) is 28.6 Å². The highest BCUT2D eigenvalue weighted by Gasteiger charge is 1.99. The molecule has 132 valence electrons. The number of benzene rings is 1. The number of hydrogen-bond donors (Lipinski definition) is 2. The summed E-state index contributed by atoms with van der Waals surface area (Å²) in [4.78, 5) is 4.22. The van der Waals surface area contributed by atoms with Gasteiger partial charge in [-0.25, -0.2) is 0 Å². The number of nitrogens with zero attached hydrogens (tertiary/aromatic N) is 1. The van der Waals surface area contributed by atoms with E-state index >= 15 is 0 Å². The van der Waals surface area contributed by atoms with Crippen molar-refractivity contribution in [3.63, 3.8) is 0 Å². The van der Waals surface area contributed by atoms with Crippen LogP contribution in [0.4, 0.5) is 0 Å². The molecule has 1 rings (SSSR count). The number of aliphatic imine (C=N–C) groups is 1. The van der Waals surface area contributed by atoms with Crippen molar-refractivity contribution in [1.82, 2.24) is 10.6 Å². The van der Waals surface area contributed by atoms with Gasteiger partial charge in [-0.3, -0.25) is 4.99 Å². The zero-order valence-corrected chi connectivity index (χ0v) is 16.8. The standard InChI is InChI=1S/C17H29N3O2.HI/c1-4-5-11-22-12-7-10-19-17(18-2)20-14-15-8-6-9-16(13-15)21-3;/h6,8-9,13H,4-5,7,10-12,14H2,1-3H3,(H2,18,19,20);1H. The number of methoxy groups -OCH3 is 1. The van der Waals surface area contributed by atoms with Crippen LogP contribution in [0.15, 0.2) is 29.3 Å². The van der Waals surface area contributed by atoms with Gasteiger partial charge in [-0.15, -0.1) is 24.0 Å². The molecule has 0 bridgehead atoms. The zero-order chi connectivity index (χ0) is 16.0. The maximum Gasteiger partial charge on any atom is 0.191 e. The van der Waals surface area contributed by atoms with Crippen LogP contribution in [0.5, 0.6) is 5.75 Å². The Kier molecular flexibility index (Phi) is 13.9. The summed E-state index contributed by atoms with van der Waals surface area (Å²) in [6.45, 7) is 5.38. The molecule has 0 aliphatic heterocycles. The number of halogens is 1. The van der Waals surface area contributed by atoms with Crippen LogP contribution in [0, 0.1) is 0 Å². The van der Waals surface area contributed by atoms with Gasteiger partial charge >= 0.3 is 0 Å². The molecule has 1 aromatic rings. The molecule has 0 unspecified atom stereocenters. The predicted octanol–water partition coefficient (Wildman–Crippen LogP) is 3.19. The summed E-state index contributed by atoms with van der Waals surface area (Å²) in [6, 6.07) is 8.00. The van der Waals surface area contributed by atoms with Crippen LogP contribution in [-0.4, -0.2) is 39.9 Å². The molecular formula is C17H30IN3O2. The molecule has 23 heavy (non-hydrogen) atoms. The average molecular weight is 435 g/mol. The van der Waals surface area contributed by atoms with E-state index in [1.165, 1.54) is 6.42 Å². The topological polar surface area (TPSA) is 54.9 Å². The molecule has 0 spiro atoms. The van der Waals surface area contributed by atoms with Gasteiger partial charge in [0.05, 0.1) is 7.11 Å². The minimum atomic E-state index is 0. The summed E-state index contributed by atoms with van der Waals surface area (Å²) in [5, 5.41) is 6.58. The van der Waals surface area contributed by atoms with Crippen molar-refractivity contribution in [2.24, 2.45) is 4.99 Å². The first kappa shape index (κ1) is 22.0. The maximum absolute atomic E-state index is 5.53. The number of ether oxygens (including phenoxy) is 2. The van der Waals surface area contributed by atoms with Crippen molar-refractivity contribution in [3.05, 3.63) is 29.8 Å². The number of nitrogens with one attached hydrogen (secondary N) is 2. The van der Waals surface area contributed by atoms with E-state index in [1.54, 1.807) is 14.2 Å². The first-order chi connectivity index (χ1) is 10.8. The minimum absolute atomic E-state index is 0. The van der Waals surface area contributed by atoms with Crippen LogP contribution in [-0.2, 0) is 11.3 Å². The summed E-state index contributed by atoms with van der Waals surface area (Å²) < 4.78 is 10.8. The van der Waals surface area contributed by atoms with E-state index in [9.17, 15) is 0 Å². The molecule has 0 radical (unpaired) electrons. The van der Waals surface area contributed by atoms with Crippen LogP contribution >= 0.6 is 24.0 Å². The van der Waals surface area contributed by atoms with E-state index in [-0.39, 0.29) is 24.0 Å². The van der Waals surface area contributed by atoms with Crippen molar-refractivity contribution < 1.29 is 9.47 Å². The van der Waals surface area contributed by atoms with Crippen molar-refractivity contribution in [3.8, 4) is 5.75 Å². The summed E-state index contributed by atoms with van der Waals surface area (Å²) >= 11 is 0. The Morgan fingerprint density at radius 2 is 1.96 bits per heavy atom.